The summed E-state index contributed by atoms with van der Waals surface area (Å²) in [6.45, 7) is 0.430. The molecule has 3 aromatic rings. The molecule has 2 heterocycles. The Labute approximate surface area is 159 Å². The maximum absolute atomic E-state index is 12.4. The number of H-pyrrole nitrogens is 1. The van der Waals surface area contributed by atoms with Gasteiger partial charge in [-0.3, -0.25) is 14.4 Å². The molecule has 3 amide bonds. The molecule has 0 aliphatic carbocycles. The second kappa shape index (κ2) is 7.07. The minimum absolute atomic E-state index is 0.223. The Morgan fingerprint density at radius 3 is 2.64 bits per heavy atom. The molecule has 1 aliphatic heterocycles. The van der Waals surface area contributed by atoms with Gasteiger partial charge in [0.15, 0.2) is 0 Å². The molecule has 0 fully saturated rings. The van der Waals surface area contributed by atoms with Gasteiger partial charge in [0.2, 0.25) is 0 Å². The average molecular weight is 376 g/mol. The first kappa shape index (κ1) is 17.6. The van der Waals surface area contributed by atoms with Gasteiger partial charge in [-0.2, -0.15) is 0 Å². The lowest BCUT2D eigenvalue weighted by Gasteiger charge is -2.06. The molecule has 1 aliphatic rings. The van der Waals surface area contributed by atoms with Crippen molar-refractivity contribution in [2.45, 2.75) is 6.42 Å². The SMILES string of the molecule is COc1ccc2[nH]cc(CCNC(=O)c3ccc4c(c3)=NC(=O)C(=O)N=4)c2c1. The van der Waals surface area contributed by atoms with Crippen LogP contribution < -0.4 is 20.8 Å². The van der Waals surface area contributed by atoms with Crippen LogP contribution in [0.15, 0.2) is 52.6 Å². The van der Waals surface area contributed by atoms with E-state index in [2.05, 4.69) is 20.3 Å². The summed E-state index contributed by atoms with van der Waals surface area (Å²) >= 11 is 0. The highest BCUT2D eigenvalue weighted by molar-refractivity contribution is 6.36. The van der Waals surface area contributed by atoms with Crippen LogP contribution in [-0.4, -0.2) is 36.4 Å². The third-order valence-corrected chi connectivity index (χ3v) is 4.52. The number of amides is 3. The fourth-order valence-corrected chi connectivity index (χ4v) is 3.07. The average Bonchev–Trinajstić information content (AvgIpc) is 3.10. The minimum atomic E-state index is -0.931. The van der Waals surface area contributed by atoms with Crippen LogP contribution in [0, 0.1) is 0 Å². The topological polar surface area (TPSA) is 113 Å². The van der Waals surface area contributed by atoms with Crippen LogP contribution in [0.4, 0.5) is 0 Å². The summed E-state index contributed by atoms with van der Waals surface area (Å²) in [5.41, 5.74) is 2.42. The van der Waals surface area contributed by atoms with Crippen molar-refractivity contribution in [2.24, 2.45) is 9.98 Å². The highest BCUT2D eigenvalue weighted by atomic mass is 16.5. The third kappa shape index (κ3) is 3.27. The quantitative estimate of drug-likeness (QED) is 0.630. The highest BCUT2D eigenvalue weighted by Crippen LogP contribution is 2.23. The molecule has 0 atom stereocenters. The molecule has 0 spiro atoms. The summed E-state index contributed by atoms with van der Waals surface area (Å²) in [6.07, 6.45) is 2.55. The van der Waals surface area contributed by atoms with Crippen LogP contribution in [0.5, 0.6) is 5.75 Å². The van der Waals surface area contributed by atoms with Crippen LogP contribution in [0.3, 0.4) is 0 Å². The van der Waals surface area contributed by atoms with Crippen molar-refractivity contribution in [1.29, 1.82) is 0 Å². The van der Waals surface area contributed by atoms with Crippen molar-refractivity contribution in [1.82, 2.24) is 10.3 Å². The van der Waals surface area contributed by atoms with E-state index in [4.69, 9.17) is 4.74 Å². The maximum Gasteiger partial charge on any atom is 0.338 e. The smallest absolute Gasteiger partial charge is 0.338 e. The number of hydrogen-bond donors (Lipinski definition) is 2. The Hall–Kier alpha value is -3.81. The van der Waals surface area contributed by atoms with E-state index in [-0.39, 0.29) is 16.6 Å². The molecule has 4 rings (SSSR count). The van der Waals surface area contributed by atoms with E-state index >= 15 is 0 Å². The molecule has 28 heavy (non-hydrogen) atoms. The number of aromatic amines is 1. The molecule has 140 valence electrons. The Morgan fingerprint density at radius 1 is 1.07 bits per heavy atom. The molecule has 1 aromatic heterocycles. The van der Waals surface area contributed by atoms with Crippen LogP contribution in [0.1, 0.15) is 15.9 Å². The van der Waals surface area contributed by atoms with E-state index in [1.54, 1.807) is 13.2 Å². The number of nitrogens with zero attached hydrogens (tertiary/aromatic N) is 2. The standard InChI is InChI=1S/C20H16N4O4/c1-28-13-3-5-15-14(9-13)12(10-22-15)6-7-21-18(25)11-2-4-16-17(8-11)24-20(27)19(26)23-16/h2-5,8-10,22H,6-7H2,1H3,(H,21,25). The van der Waals surface area contributed by atoms with Gasteiger partial charge in [-0.15, -0.1) is 0 Å². The first-order valence-electron chi connectivity index (χ1n) is 8.63. The first-order valence-corrected chi connectivity index (χ1v) is 8.63. The van der Waals surface area contributed by atoms with Gasteiger partial charge in [-0.05, 0) is 48.4 Å². The third-order valence-electron chi connectivity index (χ3n) is 4.52. The minimum Gasteiger partial charge on any atom is -0.497 e. The van der Waals surface area contributed by atoms with E-state index in [0.29, 0.717) is 18.5 Å². The van der Waals surface area contributed by atoms with E-state index in [9.17, 15) is 14.4 Å². The number of hydrogen-bond acceptors (Lipinski definition) is 4. The van der Waals surface area contributed by atoms with Gasteiger partial charge >= 0.3 is 11.8 Å². The molecule has 8 nitrogen and oxygen atoms in total. The number of carbonyl (C=O) groups is 3. The Kier molecular flexibility index (Phi) is 4.44. The zero-order valence-corrected chi connectivity index (χ0v) is 15.0. The normalized spacial score (nSPS) is 12.9. The van der Waals surface area contributed by atoms with Gasteiger partial charge in [0.05, 0.1) is 17.8 Å². The first-order chi connectivity index (χ1) is 13.5. The fourth-order valence-electron chi connectivity index (χ4n) is 3.07. The summed E-state index contributed by atoms with van der Waals surface area (Å²) in [5.74, 6) is -1.35. The van der Waals surface area contributed by atoms with Crippen LogP contribution in [0.25, 0.3) is 10.9 Å². The van der Waals surface area contributed by atoms with Gasteiger partial charge in [0.1, 0.15) is 5.75 Å². The molecule has 0 radical (unpaired) electrons. The molecule has 0 saturated heterocycles. The molecule has 0 saturated carbocycles. The highest BCUT2D eigenvalue weighted by Gasteiger charge is 2.16. The molecule has 0 unspecified atom stereocenters. The number of nitrogens with one attached hydrogen (secondary N) is 2. The van der Waals surface area contributed by atoms with Crippen LogP contribution >= 0.6 is 0 Å². The van der Waals surface area contributed by atoms with Crippen molar-refractivity contribution in [2.75, 3.05) is 13.7 Å². The van der Waals surface area contributed by atoms with Gasteiger partial charge in [0, 0.05) is 29.2 Å². The number of aromatic nitrogens is 1. The largest absolute Gasteiger partial charge is 0.497 e. The monoisotopic (exact) mass is 376 g/mol. The zero-order valence-electron chi connectivity index (χ0n) is 15.0. The molecule has 8 heteroatoms. The lowest BCUT2D eigenvalue weighted by molar-refractivity contribution is -0.135. The molecular weight excluding hydrogens is 360 g/mol. The number of carbonyl (C=O) groups excluding carboxylic acids is 3. The van der Waals surface area contributed by atoms with Crippen LogP contribution in [0.2, 0.25) is 0 Å². The molecule has 2 N–H and O–H groups in total. The van der Waals surface area contributed by atoms with E-state index in [0.717, 1.165) is 22.2 Å². The van der Waals surface area contributed by atoms with Crippen molar-refractivity contribution in [3.8, 4) is 5.75 Å². The number of rotatable bonds is 5. The molecule has 0 bridgehead atoms. The maximum atomic E-state index is 12.4. The Balaban J connectivity index is 1.47. The van der Waals surface area contributed by atoms with E-state index in [1.807, 2.05) is 24.4 Å². The van der Waals surface area contributed by atoms with E-state index in [1.165, 1.54) is 12.1 Å². The summed E-state index contributed by atoms with van der Waals surface area (Å²) < 4.78 is 5.26. The van der Waals surface area contributed by atoms with Gasteiger partial charge in [0.25, 0.3) is 5.91 Å². The van der Waals surface area contributed by atoms with Crippen molar-refractivity contribution in [3.05, 3.63) is 64.4 Å². The van der Waals surface area contributed by atoms with Gasteiger partial charge in [-0.1, -0.05) is 0 Å². The van der Waals surface area contributed by atoms with Crippen molar-refractivity contribution in [3.63, 3.8) is 0 Å². The summed E-state index contributed by atoms with van der Waals surface area (Å²) in [7, 11) is 1.62. The second-order valence-corrected chi connectivity index (χ2v) is 6.27. The second-order valence-electron chi connectivity index (χ2n) is 6.27. The zero-order chi connectivity index (χ0) is 19.7. The van der Waals surface area contributed by atoms with Crippen molar-refractivity contribution >= 4 is 28.6 Å². The molecule has 2 aromatic carbocycles. The lowest BCUT2D eigenvalue weighted by Crippen LogP contribution is -2.36. The fraction of sp³-hybridized carbons (Fsp3) is 0.150. The van der Waals surface area contributed by atoms with Gasteiger partial charge in [-0.25, -0.2) is 9.98 Å². The number of ether oxygens (including phenoxy) is 1. The summed E-state index contributed by atoms with van der Waals surface area (Å²) in [6, 6.07) is 10.3. The summed E-state index contributed by atoms with van der Waals surface area (Å²) in [5, 5.41) is 4.41. The summed E-state index contributed by atoms with van der Waals surface area (Å²) in [4.78, 5) is 45.5. The Morgan fingerprint density at radius 2 is 1.86 bits per heavy atom. The predicted octanol–water partition coefficient (Wildman–Crippen LogP) is 0.455. The molecular formula is C20H16N4O4. The lowest BCUT2D eigenvalue weighted by atomic mass is 10.1. The van der Waals surface area contributed by atoms with E-state index < -0.39 is 11.8 Å². The number of benzene rings is 2. The van der Waals surface area contributed by atoms with Crippen LogP contribution in [-0.2, 0) is 16.0 Å². The van der Waals surface area contributed by atoms with Crippen molar-refractivity contribution < 1.29 is 19.1 Å². The Bertz CT molecular complexity index is 1240. The predicted molar refractivity (Wildman–Crippen MR) is 99.7 cm³/mol. The number of methoxy groups -OCH3 is 1. The van der Waals surface area contributed by atoms with Gasteiger partial charge < -0.3 is 15.0 Å². The number of fused-ring (bicyclic) bond motifs is 2.